The van der Waals surface area contributed by atoms with Gasteiger partial charge in [-0.1, -0.05) is 58.4 Å². The van der Waals surface area contributed by atoms with E-state index in [2.05, 4.69) is 46.0 Å². The van der Waals surface area contributed by atoms with Crippen molar-refractivity contribution >= 4 is 49.3 Å². The third kappa shape index (κ3) is 4.27. The Morgan fingerprint density at radius 2 is 1.35 bits per heavy atom. The highest BCUT2D eigenvalue weighted by atomic mass is 79.9. The lowest BCUT2D eigenvalue weighted by atomic mass is 10.1. The first-order valence-electron chi connectivity index (χ1n) is 10.9. The first kappa shape index (κ1) is 22.4. The van der Waals surface area contributed by atoms with E-state index in [4.69, 9.17) is 4.74 Å². The fraction of sp³-hybridized carbons (Fsp3) is 0.0714. The number of hydrogen-bond donors (Lipinski definition) is 0. The van der Waals surface area contributed by atoms with Gasteiger partial charge in [-0.15, -0.1) is 0 Å². The van der Waals surface area contributed by atoms with Gasteiger partial charge in [0.25, 0.3) is 0 Å². The van der Waals surface area contributed by atoms with Crippen LogP contribution in [0.2, 0.25) is 0 Å². The number of halogens is 1. The maximum Gasteiger partial charge on any atom is 0.206 e. The molecule has 0 unspecified atom stereocenters. The number of sulfone groups is 1. The molecule has 4 aromatic carbocycles. The minimum absolute atomic E-state index is 0.271. The lowest BCUT2D eigenvalue weighted by molar-refractivity contribution is 0.473. The molecule has 5 rings (SSSR count). The van der Waals surface area contributed by atoms with Gasteiger partial charge in [-0.2, -0.15) is 0 Å². The maximum absolute atomic E-state index is 12.9. The first-order chi connectivity index (χ1) is 16.5. The number of benzene rings is 4. The lowest BCUT2D eigenvalue weighted by Gasteiger charge is -2.32. The first-order valence-corrected chi connectivity index (χ1v) is 13.2. The number of nitrogens with zero attached hydrogens (tertiary/aromatic N) is 1. The van der Waals surface area contributed by atoms with E-state index in [1.54, 1.807) is 36.4 Å². The highest BCUT2D eigenvalue weighted by Crippen LogP contribution is 2.46. The zero-order chi connectivity index (χ0) is 23.7. The fourth-order valence-electron chi connectivity index (χ4n) is 3.99. The van der Waals surface area contributed by atoms with Gasteiger partial charge < -0.3 is 9.64 Å². The summed E-state index contributed by atoms with van der Waals surface area (Å²) in [4.78, 5) is 2.79. The largest absolute Gasteiger partial charge is 0.453 e. The molecule has 0 spiro atoms. The van der Waals surface area contributed by atoms with Crippen molar-refractivity contribution in [1.29, 1.82) is 0 Å². The lowest BCUT2D eigenvalue weighted by Crippen LogP contribution is -2.20. The fourth-order valence-corrected chi connectivity index (χ4v) is 5.52. The molecular formula is C28H22BrNO3S. The Labute approximate surface area is 208 Å². The van der Waals surface area contributed by atoms with E-state index in [-0.39, 0.29) is 9.79 Å². The Kier molecular flexibility index (Phi) is 6.02. The van der Waals surface area contributed by atoms with E-state index < -0.39 is 9.84 Å². The highest BCUT2D eigenvalue weighted by Gasteiger charge is 2.22. The number of para-hydroxylation sites is 2. The molecule has 0 fully saturated rings. The molecule has 170 valence electrons. The molecule has 0 bridgehead atoms. The van der Waals surface area contributed by atoms with Gasteiger partial charge in [-0.25, -0.2) is 8.42 Å². The van der Waals surface area contributed by atoms with Gasteiger partial charge in [0.2, 0.25) is 9.84 Å². The molecule has 0 aliphatic carbocycles. The monoisotopic (exact) mass is 531 g/mol. The van der Waals surface area contributed by atoms with Crippen molar-refractivity contribution in [1.82, 2.24) is 0 Å². The van der Waals surface area contributed by atoms with Crippen LogP contribution in [-0.4, -0.2) is 15.0 Å². The molecule has 4 nitrogen and oxygen atoms in total. The summed E-state index contributed by atoms with van der Waals surface area (Å²) in [5.41, 5.74) is 4.02. The summed E-state index contributed by atoms with van der Waals surface area (Å²) in [6.07, 6.45) is 3.96. The van der Waals surface area contributed by atoms with Crippen molar-refractivity contribution in [3.05, 3.63) is 107 Å². The highest BCUT2D eigenvalue weighted by molar-refractivity contribution is 9.10. The normalized spacial score (nSPS) is 12.8. The van der Waals surface area contributed by atoms with Gasteiger partial charge in [0.05, 0.1) is 21.2 Å². The molecule has 0 atom stereocenters. The summed E-state index contributed by atoms with van der Waals surface area (Å²) < 4.78 is 32.7. The standard InChI is InChI=1S/C28H22BrNO3S/c1-2-30-25-5-3-4-6-27(25)33-28-19-21(11-18-26(28)30)8-7-20-9-14-23(15-10-20)34(31,32)24-16-12-22(29)13-17-24/h3-19H,2H2,1H3/b8-7+. The summed E-state index contributed by atoms with van der Waals surface area (Å²) in [5.74, 6) is 1.67. The third-order valence-electron chi connectivity index (χ3n) is 5.75. The Morgan fingerprint density at radius 3 is 2.06 bits per heavy atom. The zero-order valence-corrected chi connectivity index (χ0v) is 20.9. The average Bonchev–Trinajstić information content (AvgIpc) is 2.86. The Hall–Kier alpha value is -3.35. The maximum atomic E-state index is 12.9. The Balaban J connectivity index is 1.37. The van der Waals surface area contributed by atoms with Crippen LogP contribution in [0.3, 0.4) is 0 Å². The van der Waals surface area contributed by atoms with E-state index in [1.165, 1.54) is 0 Å². The van der Waals surface area contributed by atoms with Crippen LogP contribution in [0.4, 0.5) is 11.4 Å². The molecule has 34 heavy (non-hydrogen) atoms. The Bertz CT molecular complexity index is 1480. The van der Waals surface area contributed by atoms with Gasteiger partial charge in [0.1, 0.15) is 0 Å². The summed E-state index contributed by atoms with van der Waals surface area (Å²) in [5, 5.41) is 0. The summed E-state index contributed by atoms with van der Waals surface area (Å²) in [7, 11) is -3.55. The smallest absolute Gasteiger partial charge is 0.206 e. The number of hydrogen-bond acceptors (Lipinski definition) is 4. The molecule has 0 saturated heterocycles. The van der Waals surface area contributed by atoms with Crippen molar-refractivity contribution < 1.29 is 13.2 Å². The molecule has 4 aromatic rings. The molecule has 0 aromatic heterocycles. The number of ether oxygens (including phenoxy) is 1. The average molecular weight is 532 g/mol. The number of rotatable bonds is 5. The minimum atomic E-state index is -3.55. The quantitative estimate of drug-likeness (QED) is 0.247. The van der Waals surface area contributed by atoms with E-state index in [0.717, 1.165) is 45.0 Å². The second kappa shape index (κ2) is 9.12. The topological polar surface area (TPSA) is 46.6 Å². The van der Waals surface area contributed by atoms with Gasteiger partial charge in [-0.3, -0.25) is 0 Å². The number of anilines is 2. The summed E-state index contributed by atoms with van der Waals surface area (Å²) in [6.45, 7) is 2.97. The molecule has 0 radical (unpaired) electrons. The summed E-state index contributed by atoms with van der Waals surface area (Å²) in [6, 6.07) is 27.8. The number of fused-ring (bicyclic) bond motifs is 2. The van der Waals surface area contributed by atoms with Crippen LogP contribution in [0, 0.1) is 0 Å². The van der Waals surface area contributed by atoms with Crippen molar-refractivity contribution in [2.45, 2.75) is 16.7 Å². The summed E-state index contributed by atoms with van der Waals surface area (Å²) >= 11 is 3.34. The van der Waals surface area contributed by atoms with Crippen molar-refractivity contribution in [2.24, 2.45) is 0 Å². The minimum Gasteiger partial charge on any atom is -0.453 e. The molecule has 1 aliphatic rings. The van der Waals surface area contributed by atoms with Crippen LogP contribution in [0.25, 0.3) is 12.2 Å². The molecule has 1 aliphatic heterocycles. The molecule has 0 N–H and O–H groups in total. The molecule has 1 heterocycles. The van der Waals surface area contributed by atoms with Crippen molar-refractivity contribution in [3.63, 3.8) is 0 Å². The molecular weight excluding hydrogens is 510 g/mol. The van der Waals surface area contributed by atoms with Crippen molar-refractivity contribution in [2.75, 3.05) is 11.4 Å². The predicted molar refractivity (Wildman–Crippen MR) is 141 cm³/mol. The van der Waals surface area contributed by atoms with E-state index in [1.807, 2.05) is 48.6 Å². The zero-order valence-electron chi connectivity index (χ0n) is 18.5. The van der Waals surface area contributed by atoms with Crippen molar-refractivity contribution in [3.8, 4) is 11.5 Å². The second-order valence-corrected chi connectivity index (χ2v) is 10.8. The van der Waals surface area contributed by atoms with Crippen LogP contribution in [0.15, 0.2) is 105 Å². The SMILES string of the molecule is CCN1c2ccccc2Oc2cc(/C=C/c3ccc(S(=O)(=O)c4ccc(Br)cc4)cc3)ccc21. The predicted octanol–water partition coefficient (Wildman–Crippen LogP) is 7.72. The van der Waals surface area contributed by atoms with E-state index >= 15 is 0 Å². The van der Waals surface area contributed by atoms with Gasteiger partial charge >= 0.3 is 0 Å². The van der Waals surface area contributed by atoms with Crippen LogP contribution >= 0.6 is 15.9 Å². The molecule has 0 saturated carbocycles. The van der Waals surface area contributed by atoms with E-state index in [9.17, 15) is 8.42 Å². The van der Waals surface area contributed by atoms with Gasteiger partial charge in [0, 0.05) is 11.0 Å². The van der Waals surface area contributed by atoms with Crippen LogP contribution in [0.1, 0.15) is 18.1 Å². The second-order valence-electron chi connectivity index (χ2n) is 7.90. The van der Waals surface area contributed by atoms with E-state index in [0.29, 0.717) is 0 Å². The van der Waals surface area contributed by atoms with Crippen LogP contribution in [0.5, 0.6) is 11.5 Å². The Morgan fingerprint density at radius 1 is 0.765 bits per heavy atom. The van der Waals surface area contributed by atoms with Crippen LogP contribution in [-0.2, 0) is 9.84 Å². The molecule has 0 amide bonds. The molecule has 6 heteroatoms. The van der Waals surface area contributed by atoms with Gasteiger partial charge in [0.15, 0.2) is 11.5 Å². The van der Waals surface area contributed by atoms with Crippen LogP contribution < -0.4 is 9.64 Å². The third-order valence-corrected chi connectivity index (χ3v) is 8.06. The van der Waals surface area contributed by atoms with Gasteiger partial charge in [-0.05, 0) is 78.7 Å².